The van der Waals surface area contributed by atoms with Crippen molar-refractivity contribution in [3.8, 4) is 6.07 Å². The number of imidazole rings is 1. The van der Waals surface area contributed by atoms with Gasteiger partial charge in [0, 0.05) is 31.4 Å². The summed E-state index contributed by atoms with van der Waals surface area (Å²) in [6.45, 7) is 1.79. The molecular formula is C10H11N3O. The molecule has 0 spiro atoms. The Balaban J connectivity index is 2.73. The van der Waals surface area contributed by atoms with Crippen LogP contribution in [0.4, 0.5) is 0 Å². The number of carbonyl (C=O) groups is 1. The van der Waals surface area contributed by atoms with Gasteiger partial charge in [-0.25, -0.2) is 4.98 Å². The average Bonchev–Trinajstić information content (AvgIpc) is 2.69. The second-order valence-electron chi connectivity index (χ2n) is 2.85. The minimum absolute atomic E-state index is 0.0675. The Hall–Kier alpha value is -1.89. The molecule has 1 heterocycles. The topological polar surface area (TPSA) is 58.7 Å². The Morgan fingerprint density at radius 1 is 1.71 bits per heavy atom. The maximum absolute atomic E-state index is 11.1. The van der Waals surface area contributed by atoms with E-state index in [2.05, 4.69) is 4.98 Å². The number of rotatable bonds is 4. The first-order chi connectivity index (χ1) is 6.76. The highest BCUT2D eigenvalue weighted by molar-refractivity contribution is 5.82. The van der Waals surface area contributed by atoms with Crippen LogP contribution in [0, 0.1) is 11.3 Å². The fourth-order valence-electron chi connectivity index (χ4n) is 0.977. The van der Waals surface area contributed by atoms with Crippen LogP contribution in [0.1, 0.15) is 19.8 Å². The van der Waals surface area contributed by atoms with E-state index in [1.165, 1.54) is 0 Å². The normalized spacial score (nSPS) is 11.0. The van der Waals surface area contributed by atoms with Gasteiger partial charge in [0.25, 0.3) is 0 Å². The van der Waals surface area contributed by atoms with E-state index in [4.69, 9.17) is 5.26 Å². The molecule has 0 radical (unpaired) electrons. The minimum atomic E-state index is 0.0675. The smallest absolute Gasteiger partial charge is 0.137 e. The third-order valence-electron chi connectivity index (χ3n) is 1.76. The summed E-state index contributed by atoms with van der Waals surface area (Å²) < 4.78 is 1.65. The number of hydrogen-bond donors (Lipinski definition) is 0. The molecule has 4 heteroatoms. The van der Waals surface area contributed by atoms with Crippen LogP contribution >= 0.6 is 0 Å². The van der Waals surface area contributed by atoms with Gasteiger partial charge in [0.05, 0.1) is 18.0 Å². The van der Waals surface area contributed by atoms with Gasteiger partial charge < -0.3 is 4.57 Å². The zero-order valence-corrected chi connectivity index (χ0v) is 7.97. The van der Waals surface area contributed by atoms with E-state index < -0.39 is 0 Å². The SMILES string of the molecule is CCC(=O)C/C(C#N)=C\n1ccnc1. The number of Topliss-reactive ketones (excluding diaryl/α,β-unsaturated/α-hetero) is 1. The molecule has 0 N–H and O–H groups in total. The summed E-state index contributed by atoms with van der Waals surface area (Å²) in [6, 6.07) is 2.00. The van der Waals surface area contributed by atoms with E-state index >= 15 is 0 Å². The van der Waals surface area contributed by atoms with Crippen LogP contribution in [-0.4, -0.2) is 15.3 Å². The van der Waals surface area contributed by atoms with Crippen LogP contribution < -0.4 is 0 Å². The van der Waals surface area contributed by atoms with E-state index in [0.29, 0.717) is 12.0 Å². The molecule has 0 aliphatic heterocycles. The molecule has 0 unspecified atom stereocenters. The average molecular weight is 189 g/mol. The van der Waals surface area contributed by atoms with Gasteiger partial charge >= 0.3 is 0 Å². The third kappa shape index (κ3) is 2.87. The molecule has 0 amide bonds. The number of hydrogen-bond acceptors (Lipinski definition) is 3. The van der Waals surface area contributed by atoms with Crippen LogP contribution in [-0.2, 0) is 4.79 Å². The molecule has 0 aliphatic rings. The molecule has 1 aromatic rings. The number of carbonyl (C=O) groups excluding carboxylic acids is 1. The molecule has 4 nitrogen and oxygen atoms in total. The Kier molecular flexibility index (Phi) is 3.62. The van der Waals surface area contributed by atoms with Gasteiger partial charge in [-0.1, -0.05) is 6.92 Å². The highest BCUT2D eigenvalue weighted by atomic mass is 16.1. The molecule has 1 rings (SSSR count). The van der Waals surface area contributed by atoms with Crippen molar-refractivity contribution in [2.24, 2.45) is 0 Å². The lowest BCUT2D eigenvalue weighted by Crippen LogP contribution is -1.97. The van der Waals surface area contributed by atoms with Crippen LogP contribution in [0.2, 0.25) is 0 Å². The molecule has 0 saturated carbocycles. The van der Waals surface area contributed by atoms with E-state index in [1.807, 2.05) is 6.07 Å². The molecule has 0 saturated heterocycles. The number of nitrogens with zero attached hydrogens (tertiary/aromatic N) is 3. The maximum atomic E-state index is 11.1. The van der Waals surface area contributed by atoms with Gasteiger partial charge in [-0.2, -0.15) is 5.26 Å². The number of allylic oxidation sites excluding steroid dienone is 1. The van der Waals surface area contributed by atoms with E-state index in [1.54, 1.807) is 36.4 Å². The Bertz CT molecular complexity index is 371. The zero-order chi connectivity index (χ0) is 10.4. The van der Waals surface area contributed by atoms with E-state index in [-0.39, 0.29) is 12.2 Å². The van der Waals surface area contributed by atoms with Crippen molar-refractivity contribution in [2.45, 2.75) is 19.8 Å². The predicted molar refractivity (Wildman–Crippen MR) is 52.0 cm³/mol. The van der Waals surface area contributed by atoms with Gasteiger partial charge in [0.15, 0.2) is 0 Å². The quantitative estimate of drug-likeness (QED) is 0.676. The van der Waals surface area contributed by atoms with Gasteiger partial charge in [-0.3, -0.25) is 4.79 Å². The lowest BCUT2D eigenvalue weighted by Gasteiger charge is -1.96. The Morgan fingerprint density at radius 3 is 3.00 bits per heavy atom. The second kappa shape index (κ2) is 4.97. The fraction of sp³-hybridized carbons (Fsp3) is 0.300. The largest absolute Gasteiger partial charge is 0.312 e. The number of ketones is 1. The second-order valence-corrected chi connectivity index (χ2v) is 2.85. The molecule has 0 atom stereocenters. The predicted octanol–water partition coefficient (Wildman–Crippen LogP) is 1.62. The van der Waals surface area contributed by atoms with Crippen molar-refractivity contribution >= 4 is 12.0 Å². The van der Waals surface area contributed by atoms with Gasteiger partial charge in [-0.15, -0.1) is 0 Å². The molecule has 1 aromatic heterocycles. The first-order valence-corrected chi connectivity index (χ1v) is 4.36. The summed E-state index contributed by atoms with van der Waals surface area (Å²) in [5, 5.41) is 8.76. The summed E-state index contributed by atoms with van der Waals surface area (Å²) in [4.78, 5) is 14.9. The molecule has 72 valence electrons. The Labute approximate surface area is 82.5 Å². The van der Waals surface area contributed by atoms with E-state index in [0.717, 1.165) is 0 Å². The third-order valence-corrected chi connectivity index (χ3v) is 1.76. The van der Waals surface area contributed by atoms with Gasteiger partial charge in [0.2, 0.25) is 0 Å². The van der Waals surface area contributed by atoms with Crippen molar-refractivity contribution in [3.05, 3.63) is 24.3 Å². The molecular weight excluding hydrogens is 178 g/mol. The standard InChI is InChI=1S/C10H11N3O/c1-2-10(14)5-9(6-11)7-13-4-3-12-8-13/h3-4,7-8H,2,5H2,1H3/b9-7+. The zero-order valence-electron chi connectivity index (χ0n) is 7.97. The van der Waals surface area contributed by atoms with Gasteiger partial charge in [0.1, 0.15) is 5.78 Å². The van der Waals surface area contributed by atoms with Crippen LogP contribution in [0.5, 0.6) is 0 Å². The molecule has 0 fully saturated rings. The summed E-state index contributed by atoms with van der Waals surface area (Å²) in [6.07, 6.45) is 7.18. The lowest BCUT2D eigenvalue weighted by molar-refractivity contribution is -0.118. The van der Waals surface area contributed by atoms with Crippen LogP contribution in [0.25, 0.3) is 6.20 Å². The summed E-state index contributed by atoms with van der Waals surface area (Å²) >= 11 is 0. The van der Waals surface area contributed by atoms with E-state index in [9.17, 15) is 4.79 Å². The molecule has 0 aliphatic carbocycles. The van der Waals surface area contributed by atoms with Gasteiger partial charge in [-0.05, 0) is 0 Å². The van der Waals surface area contributed by atoms with Crippen molar-refractivity contribution in [2.75, 3.05) is 0 Å². The van der Waals surface area contributed by atoms with Crippen molar-refractivity contribution < 1.29 is 4.79 Å². The van der Waals surface area contributed by atoms with Crippen molar-refractivity contribution in [3.63, 3.8) is 0 Å². The number of nitriles is 1. The van der Waals surface area contributed by atoms with Crippen LogP contribution in [0.3, 0.4) is 0 Å². The van der Waals surface area contributed by atoms with Crippen LogP contribution in [0.15, 0.2) is 24.3 Å². The molecule has 0 bridgehead atoms. The highest BCUT2D eigenvalue weighted by Crippen LogP contribution is 2.04. The first-order valence-electron chi connectivity index (χ1n) is 4.36. The highest BCUT2D eigenvalue weighted by Gasteiger charge is 2.03. The fourth-order valence-corrected chi connectivity index (χ4v) is 0.977. The molecule has 0 aromatic carbocycles. The maximum Gasteiger partial charge on any atom is 0.137 e. The monoisotopic (exact) mass is 189 g/mol. The first kappa shape index (κ1) is 10.2. The van der Waals surface area contributed by atoms with Crippen molar-refractivity contribution in [1.82, 2.24) is 9.55 Å². The van der Waals surface area contributed by atoms with Crippen molar-refractivity contribution in [1.29, 1.82) is 5.26 Å². The molecule has 14 heavy (non-hydrogen) atoms. The summed E-state index contributed by atoms with van der Waals surface area (Å²) in [5.41, 5.74) is 0.454. The minimum Gasteiger partial charge on any atom is -0.312 e. The summed E-state index contributed by atoms with van der Waals surface area (Å²) in [5.74, 6) is 0.0675. The number of aromatic nitrogens is 2. The Morgan fingerprint density at radius 2 is 2.50 bits per heavy atom. The lowest BCUT2D eigenvalue weighted by atomic mass is 10.1. The summed E-state index contributed by atoms with van der Waals surface area (Å²) in [7, 11) is 0.